The van der Waals surface area contributed by atoms with Gasteiger partial charge in [-0.1, -0.05) is 0 Å². The molecule has 2 aromatic carbocycles. The molecule has 164 valence electrons. The number of anilines is 1. The summed E-state index contributed by atoms with van der Waals surface area (Å²) < 4.78 is 59.6. The summed E-state index contributed by atoms with van der Waals surface area (Å²) in [5.74, 6) is -1.70. The zero-order valence-corrected chi connectivity index (χ0v) is 18.0. The van der Waals surface area contributed by atoms with Crippen molar-refractivity contribution in [3.63, 3.8) is 0 Å². The third kappa shape index (κ3) is 5.56. The summed E-state index contributed by atoms with van der Waals surface area (Å²) in [6.45, 7) is 4.83. The van der Waals surface area contributed by atoms with Crippen LogP contribution in [0.25, 0.3) is 11.1 Å². The molecular weight excluding hydrogens is 426 g/mol. The highest BCUT2D eigenvalue weighted by Crippen LogP contribution is 2.37. The van der Waals surface area contributed by atoms with Crippen LogP contribution in [0, 0.1) is 18.6 Å². The number of halogens is 2. The normalized spacial score (nSPS) is 12.5. The van der Waals surface area contributed by atoms with Gasteiger partial charge in [0.15, 0.2) is 11.6 Å². The Morgan fingerprint density at radius 1 is 1.10 bits per heavy atom. The van der Waals surface area contributed by atoms with Gasteiger partial charge in [-0.15, -0.1) is 0 Å². The lowest BCUT2D eigenvalue weighted by molar-refractivity contribution is 0.194. The minimum Gasteiger partial charge on any atom is -0.454 e. The van der Waals surface area contributed by atoms with Gasteiger partial charge < -0.3 is 9.84 Å². The minimum atomic E-state index is -3.53. The van der Waals surface area contributed by atoms with Crippen LogP contribution < -0.4 is 9.46 Å². The molecule has 3 aromatic rings. The van der Waals surface area contributed by atoms with E-state index in [9.17, 15) is 22.3 Å². The summed E-state index contributed by atoms with van der Waals surface area (Å²) in [6, 6.07) is 10.8. The van der Waals surface area contributed by atoms with Gasteiger partial charge >= 0.3 is 0 Å². The van der Waals surface area contributed by atoms with Gasteiger partial charge in [0.25, 0.3) is 0 Å². The minimum absolute atomic E-state index is 0.109. The molecule has 1 heterocycles. The number of aryl methyl sites for hydroxylation is 1. The van der Waals surface area contributed by atoms with Gasteiger partial charge in [-0.05, 0) is 68.8 Å². The molecule has 1 unspecified atom stereocenters. The molecule has 2 N–H and O–H groups in total. The van der Waals surface area contributed by atoms with Crippen LogP contribution in [0.15, 0.2) is 48.5 Å². The highest BCUT2D eigenvalue weighted by Gasteiger charge is 2.16. The average Bonchev–Trinajstić information content (AvgIpc) is 2.70. The molecule has 0 aliphatic rings. The Morgan fingerprint density at radius 2 is 1.81 bits per heavy atom. The number of hydrogen-bond acceptors (Lipinski definition) is 5. The molecule has 1 aromatic heterocycles. The summed E-state index contributed by atoms with van der Waals surface area (Å²) in [4.78, 5) is 4.29. The lowest BCUT2D eigenvalue weighted by atomic mass is 10.0. The summed E-state index contributed by atoms with van der Waals surface area (Å²) in [5.41, 5.74) is 2.34. The Labute approximate surface area is 179 Å². The van der Waals surface area contributed by atoms with Crippen LogP contribution in [0.4, 0.5) is 14.5 Å². The van der Waals surface area contributed by atoms with Crippen molar-refractivity contribution in [2.45, 2.75) is 26.9 Å². The maximum Gasteiger partial charge on any atom is 0.232 e. The predicted molar refractivity (Wildman–Crippen MR) is 115 cm³/mol. The summed E-state index contributed by atoms with van der Waals surface area (Å²) >= 11 is 0. The van der Waals surface area contributed by atoms with Crippen LogP contribution in [0.2, 0.25) is 0 Å². The number of sulfonamides is 1. The average molecular weight is 448 g/mol. The zero-order chi connectivity index (χ0) is 22.8. The molecule has 0 aliphatic carbocycles. The highest BCUT2D eigenvalue weighted by molar-refractivity contribution is 7.92. The maximum absolute atomic E-state index is 14.2. The summed E-state index contributed by atoms with van der Waals surface area (Å²) in [7, 11) is -3.53. The Hall–Kier alpha value is -3.04. The number of hydrogen-bond donors (Lipinski definition) is 2. The van der Waals surface area contributed by atoms with E-state index in [2.05, 4.69) is 9.71 Å². The molecule has 0 saturated carbocycles. The van der Waals surface area contributed by atoms with E-state index in [1.54, 1.807) is 32.0 Å². The van der Waals surface area contributed by atoms with Crippen molar-refractivity contribution in [3.8, 4) is 22.6 Å². The number of nitrogens with one attached hydrogen (secondary N) is 1. The highest BCUT2D eigenvalue weighted by atomic mass is 32.2. The predicted octanol–water partition coefficient (Wildman–Crippen LogP) is 4.94. The van der Waals surface area contributed by atoms with E-state index in [1.807, 2.05) is 0 Å². The number of ether oxygens (including phenoxy) is 1. The van der Waals surface area contributed by atoms with Crippen LogP contribution in [0.1, 0.15) is 31.3 Å². The lowest BCUT2D eigenvalue weighted by Gasteiger charge is -2.16. The Morgan fingerprint density at radius 3 is 2.45 bits per heavy atom. The molecule has 0 fully saturated rings. The van der Waals surface area contributed by atoms with Crippen molar-refractivity contribution in [3.05, 3.63) is 71.6 Å². The molecule has 0 bridgehead atoms. The van der Waals surface area contributed by atoms with Crippen LogP contribution in [0.5, 0.6) is 11.5 Å². The van der Waals surface area contributed by atoms with E-state index in [0.29, 0.717) is 28.6 Å². The van der Waals surface area contributed by atoms with E-state index >= 15 is 0 Å². The van der Waals surface area contributed by atoms with Crippen molar-refractivity contribution in [2.24, 2.45) is 0 Å². The molecule has 1 atom stereocenters. The fourth-order valence-electron chi connectivity index (χ4n) is 2.90. The molecule has 0 saturated heterocycles. The van der Waals surface area contributed by atoms with Crippen molar-refractivity contribution >= 4 is 15.7 Å². The van der Waals surface area contributed by atoms with Crippen LogP contribution in [0.3, 0.4) is 0 Å². The fourth-order valence-corrected chi connectivity index (χ4v) is 3.53. The smallest absolute Gasteiger partial charge is 0.232 e. The summed E-state index contributed by atoms with van der Waals surface area (Å²) in [6.07, 6.45) is -0.834. The molecular formula is C22H22F2N2O4S. The number of aliphatic hydroxyl groups is 1. The third-order valence-electron chi connectivity index (χ3n) is 4.46. The van der Waals surface area contributed by atoms with Crippen molar-refractivity contribution < 1.29 is 27.0 Å². The van der Waals surface area contributed by atoms with Crippen molar-refractivity contribution in [1.29, 1.82) is 0 Å². The van der Waals surface area contributed by atoms with E-state index in [1.165, 1.54) is 25.1 Å². The van der Waals surface area contributed by atoms with Crippen molar-refractivity contribution in [2.75, 3.05) is 10.5 Å². The number of aliphatic hydroxyl groups excluding tert-OH is 1. The second-order valence-electron chi connectivity index (χ2n) is 6.99. The summed E-state index contributed by atoms with van der Waals surface area (Å²) in [5, 5.41) is 9.96. The van der Waals surface area contributed by atoms with Gasteiger partial charge in [0.1, 0.15) is 11.6 Å². The van der Waals surface area contributed by atoms with E-state index < -0.39 is 27.8 Å². The molecule has 0 amide bonds. The Kier molecular flexibility index (Phi) is 6.56. The van der Waals surface area contributed by atoms with Gasteiger partial charge in [0.2, 0.25) is 10.0 Å². The number of pyridine rings is 1. The second-order valence-corrected chi connectivity index (χ2v) is 9.00. The number of benzene rings is 2. The SMILES string of the molecule is CCS(=O)(=O)Nc1ccc(Oc2ccc(F)cc2F)c(-c2cc(C)nc(C(C)O)c2)c1. The topological polar surface area (TPSA) is 88.5 Å². The number of rotatable bonds is 7. The number of aromatic nitrogens is 1. The molecule has 0 spiro atoms. The molecule has 0 radical (unpaired) electrons. The second kappa shape index (κ2) is 8.99. The number of nitrogens with zero attached hydrogens (tertiary/aromatic N) is 1. The van der Waals surface area contributed by atoms with E-state index in [-0.39, 0.29) is 22.9 Å². The molecule has 31 heavy (non-hydrogen) atoms. The van der Waals surface area contributed by atoms with E-state index in [0.717, 1.165) is 6.07 Å². The Bertz CT molecular complexity index is 1210. The van der Waals surface area contributed by atoms with Crippen LogP contribution in [-0.4, -0.2) is 24.3 Å². The molecule has 6 nitrogen and oxygen atoms in total. The van der Waals surface area contributed by atoms with Gasteiger partial charge in [0, 0.05) is 23.0 Å². The molecule has 9 heteroatoms. The van der Waals surface area contributed by atoms with Gasteiger partial charge in [-0.3, -0.25) is 9.71 Å². The molecule has 0 aliphatic heterocycles. The van der Waals surface area contributed by atoms with Crippen molar-refractivity contribution in [1.82, 2.24) is 4.98 Å². The zero-order valence-electron chi connectivity index (χ0n) is 17.2. The quantitative estimate of drug-likeness (QED) is 0.534. The first-order chi connectivity index (χ1) is 14.6. The maximum atomic E-state index is 14.2. The van der Waals surface area contributed by atoms with Crippen LogP contribution in [-0.2, 0) is 10.0 Å². The van der Waals surface area contributed by atoms with Gasteiger partial charge in [0.05, 0.1) is 17.6 Å². The lowest BCUT2D eigenvalue weighted by Crippen LogP contribution is -2.14. The van der Waals surface area contributed by atoms with Gasteiger partial charge in [-0.2, -0.15) is 0 Å². The standard InChI is InChI=1S/C22H22F2N2O4S/c1-4-31(28,29)26-17-6-8-21(30-22-7-5-16(23)11-19(22)24)18(12-17)15-9-13(2)25-20(10-15)14(3)27/h5-12,14,26-27H,4H2,1-3H3. The van der Waals surface area contributed by atoms with Crippen LogP contribution >= 0.6 is 0 Å². The first kappa shape index (κ1) is 22.6. The third-order valence-corrected chi connectivity index (χ3v) is 5.77. The first-order valence-corrected chi connectivity index (χ1v) is 11.2. The monoisotopic (exact) mass is 448 g/mol. The van der Waals surface area contributed by atoms with Gasteiger partial charge in [-0.25, -0.2) is 17.2 Å². The fraction of sp³-hybridized carbons (Fsp3) is 0.227. The molecule has 3 rings (SSSR count). The van der Waals surface area contributed by atoms with E-state index in [4.69, 9.17) is 4.74 Å². The first-order valence-electron chi connectivity index (χ1n) is 9.52. The Balaban J connectivity index is 2.14. The largest absolute Gasteiger partial charge is 0.454 e.